The Balaban J connectivity index is 1.92. The molecule has 2 aliphatic heterocycles. The molecule has 3 rings (SSSR count). The fraction of sp³-hybridized carbons (Fsp3) is 0.524. The zero-order valence-corrected chi connectivity index (χ0v) is 18.4. The molecule has 0 aromatic heterocycles. The van der Waals surface area contributed by atoms with Gasteiger partial charge in [-0.05, 0) is 51.7 Å². The number of nitrogens with zero attached hydrogens (tertiary/aromatic N) is 1. The molecule has 1 aromatic carbocycles. The Hall–Kier alpha value is -2.36. The van der Waals surface area contributed by atoms with E-state index in [0.717, 1.165) is 11.0 Å². The molecule has 0 saturated carbocycles. The number of β-amino-alcohol motifs (C(OH)–C–C–N with tert-alkyl or cyclic N) is 1. The Labute approximate surface area is 177 Å². The van der Waals surface area contributed by atoms with Crippen LogP contribution in [-0.2, 0) is 23.6 Å². The van der Waals surface area contributed by atoms with Gasteiger partial charge in [0.2, 0.25) is 0 Å². The lowest BCUT2D eigenvalue weighted by atomic mass is 9.78. The van der Waals surface area contributed by atoms with Crippen molar-refractivity contribution in [3.63, 3.8) is 0 Å². The smallest absolute Gasteiger partial charge is 0.466 e. The predicted molar refractivity (Wildman–Crippen MR) is 113 cm³/mol. The summed E-state index contributed by atoms with van der Waals surface area (Å²) in [5.41, 5.74) is 1.81. The maximum atomic E-state index is 12.8. The van der Waals surface area contributed by atoms with Gasteiger partial charge in [-0.1, -0.05) is 12.1 Å². The molecule has 2 heterocycles. The van der Waals surface area contributed by atoms with Gasteiger partial charge in [0.05, 0.1) is 37.0 Å². The number of benzene rings is 1. The first-order valence-corrected chi connectivity index (χ1v) is 9.95. The van der Waals surface area contributed by atoms with Gasteiger partial charge in [0, 0.05) is 12.2 Å². The van der Waals surface area contributed by atoms with Gasteiger partial charge in [-0.15, -0.1) is 0 Å². The number of hydrogen-bond donors (Lipinski definition) is 2. The first-order valence-electron chi connectivity index (χ1n) is 9.95. The SMILES string of the molecule is COC(=O)C1=C(Nc2cc(B3OC(C)(C)C(C)(C)O3)ccc2C)C(=O)N(CCO)C1. The Morgan fingerprint density at radius 2 is 1.90 bits per heavy atom. The second-order valence-corrected chi connectivity index (χ2v) is 8.58. The van der Waals surface area contributed by atoms with Gasteiger partial charge in [-0.25, -0.2) is 4.79 Å². The summed E-state index contributed by atoms with van der Waals surface area (Å²) < 4.78 is 17.1. The number of carbonyl (C=O) groups excluding carboxylic acids is 2. The van der Waals surface area contributed by atoms with Crippen LogP contribution >= 0.6 is 0 Å². The fourth-order valence-electron chi connectivity index (χ4n) is 3.38. The molecule has 162 valence electrons. The lowest BCUT2D eigenvalue weighted by Crippen LogP contribution is -2.41. The van der Waals surface area contributed by atoms with Crippen molar-refractivity contribution in [1.29, 1.82) is 0 Å². The van der Waals surface area contributed by atoms with Gasteiger partial charge in [-0.3, -0.25) is 4.79 Å². The Morgan fingerprint density at radius 3 is 2.47 bits per heavy atom. The molecule has 0 radical (unpaired) electrons. The van der Waals surface area contributed by atoms with Crippen LogP contribution in [-0.4, -0.2) is 67.0 Å². The third-order valence-electron chi connectivity index (χ3n) is 6.00. The minimum atomic E-state index is -0.578. The average molecular weight is 416 g/mol. The van der Waals surface area contributed by atoms with Crippen LogP contribution in [0, 0.1) is 6.92 Å². The maximum absolute atomic E-state index is 12.8. The number of hydrogen-bond acceptors (Lipinski definition) is 7. The topological polar surface area (TPSA) is 97.3 Å². The highest BCUT2D eigenvalue weighted by Crippen LogP contribution is 2.36. The molecule has 30 heavy (non-hydrogen) atoms. The number of nitrogens with one attached hydrogen (secondary N) is 1. The number of amides is 1. The van der Waals surface area contributed by atoms with E-state index in [-0.39, 0.29) is 36.9 Å². The van der Waals surface area contributed by atoms with E-state index in [0.29, 0.717) is 5.69 Å². The summed E-state index contributed by atoms with van der Waals surface area (Å²) in [4.78, 5) is 26.4. The number of aliphatic hydroxyl groups excluding tert-OH is 1. The van der Waals surface area contributed by atoms with Crippen LogP contribution in [0.5, 0.6) is 0 Å². The van der Waals surface area contributed by atoms with Crippen LogP contribution in [0.3, 0.4) is 0 Å². The van der Waals surface area contributed by atoms with E-state index in [1.54, 1.807) is 0 Å². The molecule has 0 bridgehead atoms. The third kappa shape index (κ3) is 3.97. The molecule has 1 aromatic rings. The number of rotatable bonds is 6. The highest BCUT2D eigenvalue weighted by atomic mass is 16.7. The van der Waals surface area contributed by atoms with E-state index in [9.17, 15) is 14.7 Å². The van der Waals surface area contributed by atoms with Crippen LogP contribution in [0.4, 0.5) is 5.69 Å². The number of anilines is 1. The molecule has 9 heteroatoms. The van der Waals surface area contributed by atoms with Crippen LogP contribution in [0.15, 0.2) is 29.5 Å². The van der Waals surface area contributed by atoms with Crippen LogP contribution in [0.25, 0.3) is 0 Å². The van der Waals surface area contributed by atoms with E-state index < -0.39 is 24.3 Å². The number of aliphatic hydroxyl groups is 1. The number of methoxy groups -OCH3 is 1. The molecule has 8 nitrogen and oxygen atoms in total. The van der Waals surface area contributed by atoms with Gasteiger partial charge < -0.3 is 29.4 Å². The fourth-order valence-corrected chi connectivity index (χ4v) is 3.38. The molecule has 0 atom stereocenters. The summed E-state index contributed by atoms with van der Waals surface area (Å²) in [5, 5.41) is 12.3. The zero-order valence-electron chi connectivity index (χ0n) is 18.4. The summed E-state index contributed by atoms with van der Waals surface area (Å²) in [7, 11) is 0.728. The molecule has 1 saturated heterocycles. The summed E-state index contributed by atoms with van der Waals surface area (Å²) in [6.07, 6.45) is 0. The van der Waals surface area contributed by atoms with Crippen molar-refractivity contribution in [3.05, 3.63) is 35.0 Å². The van der Waals surface area contributed by atoms with Crippen molar-refractivity contribution in [3.8, 4) is 0 Å². The average Bonchev–Trinajstić information content (AvgIpc) is 3.09. The molecular weight excluding hydrogens is 387 g/mol. The summed E-state index contributed by atoms with van der Waals surface area (Å²) in [5.74, 6) is -0.934. The minimum Gasteiger partial charge on any atom is -0.466 e. The van der Waals surface area contributed by atoms with Crippen LogP contribution in [0.2, 0.25) is 0 Å². The van der Waals surface area contributed by atoms with E-state index in [1.165, 1.54) is 12.0 Å². The summed E-state index contributed by atoms with van der Waals surface area (Å²) in [6.45, 7) is 9.88. The second kappa shape index (κ2) is 8.05. The summed E-state index contributed by atoms with van der Waals surface area (Å²) >= 11 is 0. The second-order valence-electron chi connectivity index (χ2n) is 8.58. The van der Waals surface area contributed by atoms with Crippen molar-refractivity contribution in [2.45, 2.75) is 45.8 Å². The van der Waals surface area contributed by atoms with E-state index in [2.05, 4.69) is 5.32 Å². The lowest BCUT2D eigenvalue weighted by molar-refractivity contribution is -0.136. The Kier molecular flexibility index (Phi) is 6.00. The van der Waals surface area contributed by atoms with Gasteiger partial charge >= 0.3 is 13.1 Å². The molecule has 0 spiro atoms. The van der Waals surface area contributed by atoms with E-state index in [4.69, 9.17) is 14.0 Å². The van der Waals surface area contributed by atoms with Crippen molar-refractivity contribution < 1.29 is 28.7 Å². The predicted octanol–water partition coefficient (Wildman–Crippen LogP) is 0.968. The van der Waals surface area contributed by atoms with Gasteiger partial charge in [0.15, 0.2) is 0 Å². The van der Waals surface area contributed by atoms with Gasteiger partial charge in [-0.2, -0.15) is 0 Å². The molecule has 0 aliphatic carbocycles. The molecule has 2 aliphatic rings. The van der Waals surface area contributed by atoms with Crippen molar-refractivity contribution in [1.82, 2.24) is 4.90 Å². The molecular formula is C21H29BN2O6. The maximum Gasteiger partial charge on any atom is 0.494 e. The molecule has 2 N–H and O–H groups in total. The van der Waals surface area contributed by atoms with Crippen molar-refractivity contribution in [2.75, 3.05) is 32.1 Å². The Morgan fingerprint density at radius 1 is 1.27 bits per heavy atom. The molecule has 1 fully saturated rings. The Bertz CT molecular complexity index is 879. The number of aryl methyl sites for hydroxylation is 1. The number of carbonyl (C=O) groups is 2. The standard InChI is InChI=1S/C21H29BN2O6/c1-13-7-8-14(22-29-20(2,3)21(4,5)30-22)11-16(13)23-17-15(19(27)28-6)12-24(9-10-25)18(17)26/h7-8,11,23,25H,9-10,12H2,1-6H3. The van der Waals surface area contributed by atoms with Crippen molar-refractivity contribution in [2.24, 2.45) is 0 Å². The number of esters is 1. The normalized spacial score (nSPS) is 20.2. The highest BCUT2D eigenvalue weighted by Gasteiger charge is 2.51. The van der Waals surface area contributed by atoms with Crippen LogP contribution < -0.4 is 10.8 Å². The first kappa shape index (κ1) is 22.3. The lowest BCUT2D eigenvalue weighted by Gasteiger charge is -2.32. The van der Waals surface area contributed by atoms with Gasteiger partial charge in [0.1, 0.15) is 5.70 Å². The monoisotopic (exact) mass is 416 g/mol. The van der Waals surface area contributed by atoms with Gasteiger partial charge in [0.25, 0.3) is 5.91 Å². The van der Waals surface area contributed by atoms with Crippen LogP contribution in [0.1, 0.15) is 33.3 Å². The number of ether oxygens (including phenoxy) is 1. The summed E-state index contributed by atoms with van der Waals surface area (Å²) in [6, 6.07) is 5.69. The highest BCUT2D eigenvalue weighted by molar-refractivity contribution is 6.62. The zero-order chi connectivity index (χ0) is 22.3. The first-order chi connectivity index (χ1) is 14.0. The van der Waals surface area contributed by atoms with E-state index in [1.807, 2.05) is 52.8 Å². The third-order valence-corrected chi connectivity index (χ3v) is 6.00. The minimum absolute atomic E-state index is 0.0877. The largest absolute Gasteiger partial charge is 0.494 e. The molecule has 1 amide bonds. The van der Waals surface area contributed by atoms with E-state index >= 15 is 0 Å². The molecule has 0 unspecified atom stereocenters. The van der Waals surface area contributed by atoms with Crippen molar-refractivity contribution >= 4 is 30.1 Å². The quantitative estimate of drug-likeness (QED) is 0.527.